The van der Waals surface area contributed by atoms with E-state index in [1.54, 1.807) is 34.8 Å². The van der Waals surface area contributed by atoms with Gasteiger partial charge in [0, 0.05) is 34.9 Å². The second-order valence-electron chi connectivity index (χ2n) is 11.8. The van der Waals surface area contributed by atoms with E-state index in [9.17, 15) is 14.0 Å². The molecule has 12 heteroatoms. The van der Waals surface area contributed by atoms with Crippen molar-refractivity contribution in [1.29, 1.82) is 0 Å². The second kappa shape index (κ2) is 15.2. The lowest BCUT2D eigenvalue weighted by molar-refractivity contribution is 0.101. The molecule has 0 aliphatic carbocycles. The molecule has 8 nitrogen and oxygen atoms in total. The van der Waals surface area contributed by atoms with Crippen LogP contribution in [0.3, 0.4) is 0 Å². The van der Waals surface area contributed by atoms with Crippen LogP contribution in [0.5, 0.6) is 0 Å². The number of nitrogens with one attached hydrogen (secondary N) is 2. The number of aromatic nitrogens is 4. The van der Waals surface area contributed by atoms with Crippen LogP contribution >= 0.6 is 34.3 Å². The largest absolute Gasteiger partial charge is 0.322 e. The highest BCUT2D eigenvalue weighted by molar-refractivity contribution is 7.22. The van der Waals surface area contributed by atoms with Crippen LogP contribution in [-0.2, 0) is 0 Å². The van der Waals surface area contributed by atoms with Crippen molar-refractivity contribution in [2.24, 2.45) is 0 Å². The van der Waals surface area contributed by atoms with Crippen molar-refractivity contribution in [2.45, 2.75) is 13.8 Å². The molecule has 0 aliphatic rings. The van der Waals surface area contributed by atoms with Gasteiger partial charge < -0.3 is 10.6 Å². The minimum absolute atomic E-state index is 0.225. The highest BCUT2D eigenvalue weighted by Crippen LogP contribution is 2.32. The third kappa shape index (κ3) is 8.18. The van der Waals surface area contributed by atoms with Crippen molar-refractivity contribution < 1.29 is 14.0 Å². The summed E-state index contributed by atoms with van der Waals surface area (Å²) < 4.78 is 15.2. The number of hydrogen-bond acceptors (Lipinski definition) is 8. The van der Waals surface area contributed by atoms with Crippen molar-refractivity contribution in [3.63, 3.8) is 0 Å². The SMILES string of the molecule is Cc1ccc2nc(-c3ccc(NC(=O)c4ccc(Cl)nc4)cc3)sc2c1.Cc1ccc2nc(-c3ccc(NC(=O)c4ccc([18F])nc4)cc3)sc2c1. The van der Waals surface area contributed by atoms with E-state index in [2.05, 4.69) is 68.7 Å². The van der Waals surface area contributed by atoms with E-state index in [1.165, 1.54) is 34.3 Å². The number of carbonyl (C=O) groups excluding carboxylic acids is 2. The van der Waals surface area contributed by atoms with Crippen molar-refractivity contribution in [2.75, 3.05) is 10.6 Å². The lowest BCUT2D eigenvalue weighted by atomic mass is 10.2. The minimum Gasteiger partial charge on any atom is -0.322 e. The average Bonchev–Trinajstić information content (AvgIpc) is 3.77. The summed E-state index contributed by atoms with van der Waals surface area (Å²) in [5.74, 6) is -1.17. The van der Waals surface area contributed by atoms with Gasteiger partial charge in [0.25, 0.3) is 11.8 Å². The van der Waals surface area contributed by atoms with E-state index in [4.69, 9.17) is 11.6 Å². The Morgan fingerprint density at radius 2 is 1.06 bits per heavy atom. The van der Waals surface area contributed by atoms with Crippen LogP contribution < -0.4 is 10.6 Å². The van der Waals surface area contributed by atoms with Gasteiger partial charge in [-0.05, 0) is 122 Å². The maximum absolute atomic E-state index is 12.8. The molecule has 4 aromatic carbocycles. The van der Waals surface area contributed by atoms with E-state index in [0.29, 0.717) is 27.7 Å². The lowest BCUT2D eigenvalue weighted by Gasteiger charge is -2.05. The Bertz CT molecular complexity index is 2360. The number of halogens is 2. The fourth-order valence-corrected chi connectivity index (χ4v) is 7.38. The number of fused-ring (bicyclic) bond motifs is 2. The molecule has 0 fully saturated rings. The van der Waals surface area contributed by atoms with E-state index >= 15 is 0 Å². The summed E-state index contributed by atoms with van der Waals surface area (Å²) in [7, 11) is 0. The molecule has 0 bridgehead atoms. The number of pyridine rings is 2. The lowest BCUT2D eigenvalue weighted by Crippen LogP contribution is -2.12. The molecule has 0 saturated heterocycles. The highest BCUT2D eigenvalue weighted by Gasteiger charge is 2.11. The van der Waals surface area contributed by atoms with Gasteiger partial charge in [0.1, 0.15) is 15.2 Å². The number of nitrogens with zero attached hydrogens (tertiary/aromatic N) is 4. The summed E-state index contributed by atoms with van der Waals surface area (Å²) in [5, 5.41) is 7.88. The van der Waals surface area contributed by atoms with Gasteiger partial charge in [0.2, 0.25) is 5.95 Å². The van der Waals surface area contributed by atoms with E-state index < -0.39 is 5.95 Å². The van der Waals surface area contributed by atoms with Crippen molar-refractivity contribution >= 4 is 77.9 Å². The smallest absolute Gasteiger partial charge is 0.257 e. The van der Waals surface area contributed by atoms with Gasteiger partial charge in [-0.2, -0.15) is 4.39 Å². The molecule has 52 heavy (non-hydrogen) atoms. The fraction of sp³-hybridized carbons (Fsp3) is 0.0500. The summed E-state index contributed by atoms with van der Waals surface area (Å²) in [5.41, 5.74) is 8.56. The molecule has 2 N–H and O–H groups in total. The number of aryl methyl sites for hydroxylation is 2. The molecule has 8 aromatic rings. The molecule has 0 unspecified atom stereocenters. The quantitative estimate of drug-likeness (QED) is 0.164. The van der Waals surface area contributed by atoms with Gasteiger partial charge in [-0.3, -0.25) is 9.59 Å². The molecule has 0 atom stereocenters. The number of amides is 2. The van der Waals surface area contributed by atoms with Crippen LogP contribution in [0.1, 0.15) is 31.8 Å². The zero-order valence-corrected chi connectivity index (χ0v) is 30.1. The standard InChI is InChI=1S/C20H14ClN3OS.C20H14FN3OS/c2*1-12-2-8-16-17(10-12)26-20(24-16)13-3-6-15(7-4-13)23-19(25)14-5-9-18(21)22-11-14/h2*2-11H,1H3,(H,23,25)/i;21-1. The molecular weight excluding hydrogens is 714 g/mol. The Balaban J connectivity index is 0.000000162. The highest BCUT2D eigenvalue weighted by atomic mass is 35.5. The normalized spacial score (nSPS) is 10.8. The Morgan fingerprint density at radius 1 is 0.596 bits per heavy atom. The number of benzene rings is 4. The maximum Gasteiger partial charge on any atom is 0.257 e. The number of anilines is 2. The van der Waals surface area contributed by atoms with Crippen LogP contribution in [-0.4, -0.2) is 31.8 Å². The molecule has 4 heterocycles. The molecule has 0 aliphatic heterocycles. The van der Waals surface area contributed by atoms with Gasteiger partial charge in [-0.15, -0.1) is 22.7 Å². The van der Waals surface area contributed by atoms with Gasteiger partial charge in [0.15, 0.2) is 0 Å². The Kier molecular flexibility index (Phi) is 10.1. The number of hydrogen-bond donors (Lipinski definition) is 2. The van der Waals surface area contributed by atoms with Crippen molar-refractivity contribution in [3.05, 3.63) is 155 Å². The van der Waals surface area contributed by atoms with Gasteiger partial charge in [-0.1, -0.05) is 23.7 Å². The first-order valence-electron chi connectivity index (χ1n) is 16.0. The average molecular weight is 742 g/mol. The van der Waals surface area contributed by atoms with Gasteiger partial charge in [-0.25, -0.2) is 19.9 Å². The van der Waals surface area contributed by atoms with Crippen LogP contribution in [0.15, 0.2) is 122 Å². The first kappa shape index (κ1) is 34.6. The first-order chi connectivity index (χ1) is 25.2. The predicted molar refractivity (Wildman–Crippen MR) is 209 cm³/mol. The minimum atomic E-state index is -0.614. The zero-order valence-electron chi connectivity index (χ0n) is 27.7. The number of thiazole rings is 2. The van der Waals surface area contributed by atoms with Crippen molar-refractivity contribution in [1.82, 2.24) is 19.9 Å². The Labute approximate surface area is 311 Å². The number of rotatable bonds is 6. The molecule has 0 radical (unpaired) electrons. The molecule has 4 aromatic heterocycles. The summed E-state index contributed by atoms with van der Waals surface area (Å²) >= 11 is 9.05. The molecule has 2 amide bonds. The Hall–Kier alpha value is -5.88. The third-order valence-corrected chi connectivity index (χ3v) is 10.2. The molecule has 0 spiro atoms. The summed E-state index contributed by atoms with van der Waals surface area (Å²) in [6.07, 6.45) is 2.66. The second-order valence-corrected chi connectivity index (χ2v) is 14.2. The van der Waals surface area contributed by atoms with Gasteiger partial charge in [0.05, 0.1) is 31.6 Å². The number of carbonyl (C=O) groups is 2. The van der Waals surface area contributed by atoms with E-state index in [1.807, 2.05) is 60.7 Å². The van der Waals surface area contributed by atoms with E-state index in [-0.39, 0.29) is 11.8 Å². The Morgan fingerprint density at radius 3 is 1.48 bits per heavy atom. The molecule has 256 valence electrons. The van der Waals surface area contributed by atoms with E-state index in [0.717, 1.165) is 42.9 Å². The molecule has 8 rings (SSSR count). The van der Waals surface area contributed by atoms with Crippen LogP contribution in [0, 0.1) is 19.8 Å². The summed E-state index contributed by atoms with van der Waals surface area (Å²) in [6, 6.07) is 33.4. The fourth-order valence-electron chi connectivity index (χ4n) is 5.13. The van der Waals surface area contributed by atoms with Crippen LogP contribution in [0.4, 0.5) is 15.8 Å². The molecule has 0 saturated carbocycles. The summed E-state index contributed by atoms with van der Waals surface area (Å²) in [4.78, 5) is 41.1. The predicted octanol–water partition coefficient (Wildman–Crippen LogP) is 10.6. The topological polar surface area (TPSA) is 110 Å². The van der Waals surface area contributed by atoms with Crippen molar-refractivity contribution in [3.8, 4) is 21.1 Å². The molecular formula is C40H28ClFN6O2S2. The van der Waals surface area contributed by atoms with Crippen LogP contribution in [0.25, 0.3) is 41.6 Å². The van der Waals surface area contributed by atoms with Gasteiger partial charge >= 0.3 is 0 Å². The third-order valence-electron chi connectivity index (χ3n) is 7.85. The van der Waals surface area contributed by atoms with Crippen LogP contribution in [0.2, 0.25) is 5.15 Å². The maximum atomic E-state index is 12.8. The monoisotopic (exact) mass is 741 g/mol. The first-order valence-corrected chi connectivity index (χ1v) is 18.0. The summed E-state index contributed by atoms with van der Waals surface area (Å²) in [6.45, 7) is 4.14. The zero-order chi connectivity index (χ0) is 36.2.